The van der Waals surface area contributed by atoms with Crippen molar-refractivity contribution in [3.8, 4) is 11.4 Å². The molecule has 3 heteroatoms. The van der Waals surface area contributed by atoms with E-state index in [1.807, 2.05) is 42.7 Å². The van der Waals surface area contributed by atoms with E-state index in [9.17, 15) is 0 Å². The van der Waals surface area contributed by atoms with Crippen molar-refractivity contribution in [2.75, 3.05) is 5.73 Å². The molecule has 1 heterocycles. The number of benzene rings is 2. The summed E-state index contributed by atoms with van der Waals surface area (Å²) < 4.78 is 2.15. The summed E-state index contributed by atoms with van der Waals surface area (Å²) in [6.45, 7) is 2.84. The molecule has 2 aromatic carbocycles. The normalized spacial score (nSPS) is 10.7. The van der Waals surface area contributed by atoms with Crippen molar-refractivity contribution in [2.45, 2.75) is 13.5 Å². The van der Waals surface area contributed by atoms with Gasteiger partial charge in [-0.2, -0.15) is 0 Å². The lowest BCUT2D eigenvalue weighted by atomic mass is 10.1. The molecule has 0 spiro atoms. The van der Waals surface area contributed by atoms with Crippen molar-refractivity contribution in [1.82, 2.24) is 9.55 Å². The zero-order valence-electron chi connectivity index (χ0n) is 11.5. The van der Waals surface area contributed by atoms with E-state index in [0.29, 0.717) is 0 Å². The molecular formula is C17H17N3. The lowest BCUT2D eigenvalue weighted by Gasteiger charge is -2.11. The van der Waals surface area contributed by atoms with E-state index in [-0.39, 0.29) is 0 Å². The number of hydrogen-bond acceptors (Lipinski definition) is 2. The summed E-state index contributed by atoms with van der Waals surface area (Å²) in [4.78, 5) is 4.47. The van der Waals surface area contributed by atoms with E-state index in [4.69, 9.17) is 5.73 Å². The molecule has 0 aliphatic carbocycles. The van der Waals surface area contributed by atoms with Crippen LogP contribution in [0.2, 0.25) is 0 Å². The topological polar surface area (TPSA) is 43.8 Å². The predicted molar refractivity (Wildman–Crippen MR) is 82.4 cm³/mol. The van der Waals surface area contributed by atoms with Crippen LogP contribution in [0.1, 0.15) is 11.1 Å². The van der Waals surface area contributed by atoms with Gasteiger partial charge in [0.25, 0.3) is 0 Å². The van der Waals surface area contributed by atoms with Gasteiger partial charge in [-0.1, -0.05) is 42.5 Å². The third-order valence-electron chi connectivity index (χ3n) is 3.58. The molecule has 0 aliphatic rings. The molecule has 0 saturated heterocycles. The summed E-state index contributed by atoms with van der Waals surface area (Å²) in [5.41, 5.74) is 10.3. The summed E-state index contributed by atoms with van der Waals surface area (Å²) in [5.74, 6) is 0.979. The van der Waals surface area contributed by atoms with Crippen LogP contribution in [0.5, 0.6) is 0 Å². The first kappa shape index (κ1) is 12.5. The van der Waals surface area contributed by atoms with Gasteiger partial charge in [-0.25, -0.2) is 4.98 Å². The van der Waals surface area contributed by atoms with E-state index in [0.717, 1.165) is 29.2 Å². The smallest absolute Gasteiger partial charge is 0.140 e. The molecule has 1 aromatic heterocycles. The Hall–Kier alpha value is -2.55. The lowest BCUT2D eigenvalue weighted by molar-refractivity contribution is 0.802. The largest absolute Gasteiger partial charge is 0.399 e. The third kappa shape index (κ3) is 2.30. The van der Waals surface area contributed by atoms with Crippen LogP contribution >= 0.6 is 0 Å². The lowest BCUT2D eigenvalue weighted by Crippen LogP contribution is -2.04. The second kappa shape index (κ2) is 5.21. The standard InChI is InChI=1S/C17H17N3/c1-13-15(8-5-9-16(13)18)12-20-11-10-19-17(20)14-6-3-2-4-7-14/h2-11H,12,18H2,1H3. The summed E-state index contributed by atoms with van der Waals surface area (Å²) in [5, 5.41) is 0. The Kier molecular flexibility index (Phi) is 3.25. The molecule has 0 radical (unpaired) electrons. The molecule has 0 bridgehead atoms. The maximum Gasteiger partial charge on any atom is 0.140 e. The summed E-state index contributed by atoms with van der Waals surface area (Å²) in [6.07, 6.45) is 3.84. The molecule has 0 atom stereocenters. The number of imidazole rings is 1. The number of nitrogen functional groups attached to an aromatic ring is 1. The number of nitrogens with two attached hydrogens (primary N) is 1. The minimum absolute atomic E-state index is 0.779. The van der Waals surface area contributed by atoms with Crippen LogP contribution in [-0.2, 0) is 6.54 Å². The van der Waals surface area contributed by atoms with Crippen molar-refractivity contribution in [1.29, 1.82) is 0 Å². The molecule has 3 aromatic rings. The van der Waals surface area contributed by atoms with E-state index >= 15 is 0 Å². The molecule has 0 saturated carbocycles. The van der Waals surface area contributed by atoms with Gasteiger partial charge in [0.1, 0.15) is 5.82 Å². The van der Waals surface area contributed by atoms with Crippen LogP contribution < -0.4 is 5.73 Å². The Morgan fingerprint density at radius 2 is 1.85 bits per heavy atom. The van der Waals surface area contributed by atoms with Crippen molar-refractivity contribution in [3.63, 3.8) is 0 Å². The van der Waals surface area contributed by atoms with E-state index < -0.39 is 0 Å². The van der Waals surface area contributed by atoms with Crippen LogP contribution in [0.15, 0.2) is 60.9 Å². The van der Waals surface area contributed by atoms with Gasteiger partial charge >= 0.3 is 0 Å². The highest BCUT2D eigenvalue weighted by Gasteiger charge is 2.08. The Morgan fingerprint density at radius 3 is 2.65 bits per heavy atom. The monoisotopic (exact) mass is 263 g/mol. The first-order valence-electron chi connectivity index (χ1n) is 6.66. The van der Waals surface area contributed by atoms with Crippen molar-refractivity contribution in [2.24, 2.45) is 0 Å². The molecule has 0 aliphatic heterocycles. The van der Waals surface area contributed by atoms with Gasteiger partial charge in [0.05, 0.1) is 0 Å². The highest BCUT2D eigenvalue weighted by atomic mass is 15.1. The highest BCUT2D eigenvalue weighted by molar-refractivity contribution is 5.56. The van der Waals surface area contributed by atoms with Gasteiger partial charge < -0.3 is 10.3 Å². The number of rotatable bonds is 3. The maximum atomic E-state index is 5.97. The van der Waals surface area contributed by atoms with Crippen LogP contribution in [0.3, 0.4) is 0 Å². The van der Waals surface area contributed by atoms with Crippen molar-refractivity contribution < 1.29 is 0 Å². The Morgan fingerprint density at radius 1 is 1.05 bits per heavy atom. The van der Waals surface area contributed by atoms with E-state index in [1.54, 1.807) is 0 Å². The number of aromatic nitrogens is 2. The number of hydrogen-bond donors (Lipinski definition) is 1. The minimum atomic E-state index is 0.779. The maximum absolute atomic E-state index is 5.97. The molecule has 3 nitrogen and oxygen atoms in total. The zero-order chi connectivity index (χ0) is 13.9. The molecule has 0 amide bonds. The van der Waals surface area contributed by atoms with E-state index in [2.05, 4.69) is 34.7 Å². The first-order valence-corrected chi connectivity index (χ1v) is 6.66. The van der Waals surface area contributed by atoms with Crippen molar-refractivity contribution in [3.05, 3.63) is 72.1 Å². The SMILES string of the molecule is Cc1c(N)cccc1Cn1ccnc1-c1ccccc1. The summed E-state index contributed by atoms with van der Waals surface area (Å²) in [7, 11) is 0. The van der Waals surface area contributed by atoms with Crippen LogP contribution in [0.25, 0.3) is 11.4 Å². The zero-order valence-corrected chi connectivity index (χ0v) is 11.5. The first-order chi connectivity index (χ1) is 9.75. The average molecular weight is 263 g/mol. The van der Waals surface area contributed by atoms with Gasteiger partial charge in [0, 0.05) is 30.2 Å². The second-order valence-electron chi connectivity index (χ2n) is 4.88. The fraction of sp³-hybridized carbons (Fsp3) is 0.118. The van der Waals surface area contributed by atoms with Crippen LogP contribution in [0, 0.1) is 6.92 Å². The number of anilines is 1. The predicted octanol–water partition coefficient (Wildman–Crippen LogP) is 3.49. The highest BCUT2D eigenvalue weighted by Crippen LogP contribution is 2.21. The van der Waals surface area contributed by atoms with Crippen LogP contribution in [-0.4, -0.2) is 9.55 Å². The molecule has 20 heavy (non-hydrogen) atoms. The van der Waals surface area contributed by atoms with Crippen molar-refractivity contribution >= 4 is 5.69 Å². The fourth-order valence-electron chi connectivity index (χ4n) is 2.34. The molecule has 3 rings (SSSR count). The summed E-state index contributed by atoms with van der Waals surface area (Å²) in [6, 6.07) is 16.3. The second-order valence-corrected chi connectivity index (χ2v) is 4.88. The molecule has 0 unspecified atom stereocenters. The molecular weight excluding hydrogens is 246 g/mol. The van der Waals surface area contributed by atoms with Gasteiger partial charge in [0.15, 0.2) is 0 Å². The number of nitrogens with zero attached hydrogens (tertiary/aromatic N) is 2. The fourth-order valence-corrected chi connectivity index (χ4v) is 2.34. The van der Waals surface area contributed by atoms with Gasteiger partial charge in [-0.05, 0) is 24.1 Å². The quantitative estimate of drug-likeness (QED) is 0.735. The Balaban J connectivity index is 1.97. The molecule has 2 N–H and O–H groups in total. The average Bonchev–Trinajstić information content (AvgIpc) is 2.93. The van der Waals surface area contributed by atoms with Crippen LogP contribution in [0.4, 0.5) is 5.69 Å². The molecule has 100 valence electrons. The molecule has 0 fully saturated rings. The van der Waals surface area contributed by atoms with E-state index in [1.165, 1.54) is 5.56 Å². The Labute approximate surface area is 118 Å². The van der Waals surface area contributed by atoms with Gasteiger partial charge in [-0.3, -0.25) is 0 Å². The van der Waals surface area contributed by atoms with Gasteiger partial charge in [-0.15, -0.1) is 0 Å². The van der Waals surface area contributed by atoms with Gasteiger partial charge in [0.2, 0.25) is 0 Å². The minimum Gasteiger partial charge on any atom is -0.399 e. The summed E-state index contributed by atoms with van der Waals surface area (Å²) >= 11 is 0. The Bertz CT molecular complexity index is 714. The third-order valence-corrected chi connectivity index (χ3v) is 3.58.